The monoisotopic (exact) mass is 758 g/mol. The summed E-state index contributed by atoms with van der Waals surface area (Å²) in [6.07, 6.45) is 0.718. The Balaban J connectivity index is 0.906. The van der Waals surface area contributed by atoms with E-state index >= 15 is 0 Å². The smallest absolute Gasteiger partial charge is 0.131 e. The lowest BCUT2D eigenvalue weighted by Gasteiger charge is -2.33. The van der Waals surface area contributed by atoms with E-state index in [0.717, 1.165) is 23.4 Å². The van der Waals surface area contributed by atoms with Crippen molar-refractivity contribution in [2.45, 2.75) is 31.0 Å². The van der Waals surface area contributed by atoms with Gasteiger partial charge in [0.25, 0.3) is 0 Å². The van der Waals surface area contributed by atoms with Crippen molar-refractivity contribution in [2.24, 2.45) is 4.99 Å². The number of epoxide rings is 1. The molecule has 1 aromatic heterocycles. The van der Waals surface area contributed by atoms with Crippen molar-refractivity contribution in [2.75, 3.05) is 0 Å². The normalized spacial score (nSPS) is 19.6. The van der Waals surface area contributed by atoms with Crippen molar-refractivity contribution in [3.05, 3.63) is 221 Å². The molecule has 5 nitrogen and oxygen atoms in total. The number of aromatic nitrogens is 1. The highest BCUT2D eigenvalue weighted by molar-refractivity contribution is 6.10. The molecule has 1 fully saturated rings. The van der Waals surface area contributed by atoms with E-state index in [2.05, 4.69) is 197 Å². The number of nitrogens with zero attached hydrogens (tertiary/aromatic N) is 2. The van der Waals surface area contributed by atoms with Gasteiger partial charge in [-0.25, -0.2) is 4.99 Å². The average Bonchev–Trinajstić information content (AvgIpc) is 3.94. The van der Waals surface area contributed by atoms with Gasteiger partial charge in [0, 0.05) is 22.0 Å². The van der Waals surface area contributed by atoms with Gasteiger partial charge in [-0.1, -0.05) is 146 Å². The fraction of sp³-hybridized carbons (Fsp3) is 0.0926. The van der Waals surface area contributed by atoms with E-state index in [0.29, 0.717) is 0 Å². The molecule has 0 spiro atoms. The molecular formula is C54H38N4O. The number of nitrogens with one attached hydrogen (secondary N) is 2. The second kappa shape index (κ2) is 12.7. The maximum absolute atomic E-state index is 6.27. The standard InChI is InChI=1S/C54H38N4O/c1-3-12-32(13-4-1)52-55-53(37-25-26-40-39-17-7-8-19-43(39)50-51(59-50)46(40)30-37)57-54(56-52)44-20-11-14-36-28-35-23-22-33(29-45(35)49(36)44)34-24-27-42-41-18-9-10-21-47(41)58(48(42)31-34)38-15-5-2-6-16-38/h1-27,29-31,50-52,54,56H,28H2,(H,55,57)/t50-,51?,52?,54?/m1/s1. The Hall–Kier alpha value is -7.05. The maximum Gasteiger partial charge on any atom is 0.131 e. The molecule has 3 heterocycles. The SMILES string of the molecule is c1ccc(C2N=C(c3ccc4c(c3)C3O[C@@H]3c3ccccc3-4)NC(c3cccc4c3-c3cc(-c5ccc6c7ccccc7n(-c7ccccc7)c6c5)ccc3C4)N2)cc1. The van der Waals surface area contributed by atoms with Gasteiger partial charge in [0.15, 0.2) is 0 Å². The molecule has 8 aromatic carbocycles. The fourth-order valence-corrected chi connectivity index (χ4v) is 10.1. The Morgan fingerprint density at radius 1 is 0.508 bits per heavy atom. The van der Waals surface area contributed by atoms with Crippen LogP contribution in [0.4, 0.5) is 0 Å². The number of hydrogen-bond acceptors (Lipinski definition) is 4. The van der Waals surface area contributed by atoms with Crippen LogP contribution in [0, 0.1) is 0 Å². The first-order valence-electron chi connectivity index (χ1n) is 20.6. The van der Waals surface area contributed by atoms with Crippen LogP contribution < -0.4 is 10.6 Å². The van der Waals surface area contributed by atoms with Gasteiger partial charge in [-0.3, -0.25) is 5.32 Å². The van der Waals surface area contributed by atoms with E-state index in [-0.39, 0.29) is 24.5 Å². The molecule has 0 radical (unpaired) electrons. The Morgan fingerprint density at radius 2 is 1.22 bits per heavy atom. The minimum Gasteiger partial charge on any atom is -0.359 e. The Labute approximate surface area is 342 Å². The van der Waals surface area contributed by atoms with Crippen molar-refractivity contribution in [3.8, 4) is 39.1 Å². The van der Waals surface area contributed by atoms with Crippen LogP contribution in [0.5, 0.6) is 0 Å². The minimum absolute atomic E-state index is 0.0911. The van der Waals surface area contributed by atoms with E-state index in [1.165, 1.54) is 88.7 Å². The molecule has 2 aliphatic carbocycles. The Kier molecular flexibility index (Phi) is 7.11. The molecule has 2 aliphatic heterocycles. The Bertz CT molecular complexity index is 3200. The largest absolute Gasteiger partial charge is 0.359 e. The van der Waals surface area contributed by atoms with Crippen molar-refractivity contribution >= 4 is 27.6 Å². The summed E-state index contributed by atoms with van der Waals surface area (Å²) in [5.74, 6) is 0.883. The van der Waals surface area contributed by atoms with Gasteiger partial charge in [-0.2, -0.15) is 0 Å². The van der Waals surface area contributed by atoms with Gasteiger partial charge in [-0.05, 0) is 110 Å². The van der Waals surface area contributed by atoms with Crippen LogP contribution in [0.15, 0.2) is 187 Å². The molecule has 0 bridgehead atoms. The molecule has 4 aliphatic rings. The van der Waals surface area contributed by atoms with Gasteiger partial charge < -0.3 is 14.6 Å². The van der Waals surface area contributed by atoms with Gasteiger partial charge in [0.2, 0.25) is 0 Å². The summed E-state index contributed by atoms with van der Waals surface area (Å²) >= 11 is 0. The molecule has 2 N–H and O–H groups in total. The summed E-state index contributed by atoms with van der Waals surface area (Å²) < 4.78 is 8.66. The zero-order chi connectivity index (χ0) is 38.6. The number of aliphatic imine (C=N–C) groups is 1. The van der Waals surface area contributed by atoms with Gasteiger partial charge in [0.1, 0.15) is 30.4 Å². The van der Waals surface area contributed by atoms with Crippen LogP contribution in [-0.2, 0) is 11.2 Å². The van der Waals surface area contributed by atoms with Crippen LogP contribution in [0.25, 0.3) is 60.9 Å². The summed E-state index contributed by atoms with van der Waals surface area (Å²) in [6.45, 7) is 0. The topological polar surface area (TPSA) is 53.9 Å². The van der Waals surface area contributed by atoms with Crippen LogP contribution in [0.2, 0.25) is 0 Å². The number of fused-ring (bicyclic) bond motifs is 12. The number of rotatable bonds is 5. The predicted octanol–water partition coefficient (Wildman–Crippen LogP) is 12.2. The van der Waals surface area contributed by atoms with E-state index in [4.69, 9.17) is 9.73 Å². The molecule has 59 heavy (non-hydrogen) atoms. The molecule has 13 rings (SSSR count). The second-order valence-electron chi connectivity index (χ2n) is 16.3. The van der Waals surface area contributed by atoms with E-state index < -0.39 is 0 Å². The predicted molar refractivity (Wildman–Crippen MR) is 238 cm³/mol. The molecule has 280 valence electrons. The van der Waals surface area contributed by atoms with Gasteiger partial charge >= 0.3 is 0 Å². The third-order valence-corrected chi connectivity index (χ3v) is 12.9. The van der Waals surface area contributed by atoms with Gasteiger partial charge in [-0.15, -0.1) is 0 Å². The van der Waals surface area contributed by atoms with Crippen LogP contribution >= 0.6 is 0 Å². The molecule has 1 saturated heterocycles. The fourth-order valence-electron chi connectivity index (χ4n) is 10.1. The summed E-state index contributed by atoms with van der Waals surface area (Å²) in [4.78, 5) is 5.34. The van der Waals surface area contributed by atoms with E-state index in [9.17, 15) is 0 Å². The molecule has 4 atom stereocenters. The Morgan fingerprint density at radius 3 is 2.14 bits per heavy atom. The van der Waals surface area contributed by atoms with Crippen LogP contribution in [0.3, 0.4) is 0 Å². The maximum atomic E-state index is 6.27. The summed E-state index contributed by atoms with van der Waals surface area (Å²) in [5, 5.41) is 10.3. The molecule has 9 aromatic rings. The van der Waals surface area contributed by atoms with Crippen molar-refractivity contribution < 1.29 is 4.74 Å². The van der Waals surface area contributed by atoms with Crippen LogP contribution in [0.1, 0.15) is 63.5 Å². The highest BCUT2D eigenvalue weighted by Crippen LogP contribution is 2.59. The second-order valence-corrected chi connectivity index (χ2v) is 16.3. The number of para-hydroxylation sites is 2. The molecular weight excluding hydrogens is 721 g/mol. The number of benzene rings is 8. The summed E-state index contributed by atoms with van der Waals surface area (Å²) in [5.41, 5.74) is 19.8. The highest BCUT2D eigenvalue weighted by Gasteiger charge is 2.47. The van der Waals surface area contributed by atoms with Crippen molar-refractivity contribution in [1.82, 2.24) is 15.2 Å². The van der Waals surface area contributed by atoms with Gasteiger partial charge in [0.05, 0.1) is 11.0 Å². The number of amidine groups is 1. The minimum atomic E-state index is -0.231. The van der Waals surface area contributed by atoms with Crippen molar-refractivity contribution in [1.29, 1.82) is 0 Å². The van der Waals surface area contributed by atoms with E-state index in [1.807, 2.05) is 0 Å². The third-order valence-electron chi connectivity index (χ3n) is 12.9. The zero-order valence-corrected chi connectivity index (χ0v) is 32.1. The molecule has 5 heteroatoms. The first kappa shape index (κ1) is 33.0. The first-order valence-corrected chi connectivity index (χ1v) is 20.6. The summed E-state index contributed by atoms with van der Waals surface area (Å²) in [7, 11) is 0. The zero-order valence-electron chi connectivity index (χ0n) is 32.1. The summed E-state index contributed by atoms with van der Waals surface area (Å²) in [6, 6.07) is 66.3. The lowest BCUT2D eigenvalue weighted by molar-refractivity contribution is 0.380. The molecule has 0 amide bonds. The lowest BCUT2D eigenvalue weighted by atomic mass is 9.84. The first-order chi connectivity index (χ1) is 29.2. The highest BCUT2D eigenvalue weighted by atomic mass is 16.6. The van der Waals surface area contributed by atoms with Crippen LogP contribution in [-0.4, -0.2) is 10.4 Å². The molecule has 0 saturated carbocycles. The molecule has 3 unspecified atom stereocenters. The number of hydrogen-bond donors (Lipinski definition) is 2. The van der Waals surface area contributed by atoms with Crippen molar-refractivity contribution in [3.63, 3.8) is 0 Å². The lowest BCUT2D eigenvalue weighted by Crippen LogP contribution is -2.45. The third kappa shape index (κ3) is 5.15. The van der Waals surface area contributed by atoms with E-state index in [1.54, 1.807) is 0 Å². The quantitative estimate of drug-likeness (QED) is 0.172. The number of ether oxygens (including phenoxy) is 1. The average molecular weight is 759 g/mol.